The number of hydrogen-bond donors (Lipinski definition) is 2. The zero-order valence-corrected chi connectivity index (χ0v) is 11.6. The maximum atomic E-state index is 11.9. The Labute approximate surface area is 114 Å². The number of amides is 1. The van der Waals surface area contributed by atoms with Crippen LogP contribution in [0.3, 0.4) is 0 Å². The fourth-order valence-corrected chi connectivity index (χ4v) is 1.25. The molecule has 20 heavy (non-hydrogen) atoms. The number of aromatic nitrogens is 3. The molecule has 9 heteroatoms. The molecule has 1 rings (SSSR count). The second-order valence-corrected chi connectivity index (χ2v) is 5.40. The minimum Gasteiger partial charge on any atom is -0.345 e. The predicted octanol–water partition coefficient (Wildman–Crippen LogP) is 0.845. The highest BCUT2D eigenvalue weighted by Gasteiger charge is 2.27. The van der Waals surface area contributed by atoms with E-state index < -0.39 is 18.6 Å². The average molecular weight is 293 g/mol. The van der Waals surface area contributed by atoms with Crippen LogP contribution in [0.2, 0.25) is 0 Å². The van der Waals surface area contributed by atoms with Crippen LogP contribution >= 0.6 is 0 Å². The summed E-state index contributed by atoms with van der Waals surface area (Å²) >= 11 is 0. The quantitative estimate of drug-likeness (QED) is 0.844. The van der Waals surface area contributed by atoms with Gasteiger partial charge in [-0.3, -0.25) is 4.79 Å². The highest BCUT2D eigenvalue weighted by Crippen LogP contribution is 2.12. The van der Waals surface area contributed by atoms with Crippen LogP contribution in [0.1, 0.15) is 26.5 Å². The fraction of sp³-hybridized carbons (Fsp3) is 0.727. The molecule has 0 saturated carbocycles. The summed E-state index contributed by atoms with van der Waals surface area (Å²) in [4.78, 5) is 11.3. The molecule has 0 fully saturated rings. The van der Waals surface area contributed by atoms with Crippen molar-refractivity contribution in [3.63, 3.8) is 0 Å². The lowest BCUT2D eigenvalue weighted by atomic mass is 10.1. The second-order valence-electron chi connectivity index (χ2n) is 5.40. The smallest absolute Gasteiger partial charge is 0.345 e. The highest BCUT2D eigenvalue weighted by atomic mass is 19.4. The number of carbonyl (C=O) groups is 1. The molecule has 0 aromatic carbocycles. The standard InChI is InChI=1S/C11H18F3N5O/c1-10(2,3)16-4-8-5-19(18-17-8)6-9(20)15-7-11(12,13)14/h5,16H,4,6-7H2,1-3H3,(H,15,20). The summed E-state index contributed by atoms with van der Waals surface area (Å²) in [6.45, 7) is 4.79. The zero-order chi connectivity index (χ0) is 15.4. The summed E-state index contributed by atoms with van der Waals surface area (Å²) in [5, 5.41) is 12.5. The Kier molecular flexibility index (Phi) is 5.09. The number of hydrogen-bond acceptors (Lipinski definition) is 4. The van der Waals surface area contributed by atoms with Gasteiger partial charge in [-0.2, -0.15) is 13.2 Å². The Morgan fingerprint density at radius 3 is 2.55 bits per heavy atom. The van der Waals surface area contributed by atoms with E-state index in [1.807, 2.05) is 20.8 Å². The van der Waals surface area contributed by atoms with E-state index in [1.165, 1.54) is 10.9 Å². The van der Waals surface area contributed by atoms with Crippen molar-refractivity contribution in [3.05, 3.63) is 11.9 Å². The van der Waals surface area contributed by atoms with Gasteiger partial charge in [0, 0.05) is 12.1 Å². The van der Waals surface area contributed by atoms with Crippen molar-refractivity contribution in [1.29, 1.82) is 0 Å². The molecule has 1 aromatic rings. The van der Waals surface area contributed by atoms with E-state index in [0.717, 1.165) is 0 Å². The summed E-state index contributed by atoms with van der Waals surface area (Å²) in [5.74, 6) is -0.762. The van der Waals surface area contributed by atoms with E-state index in [0.29, 0.717) is 12.2 Å². The Bertz CT molecular complexity index is 450. The predicted molar refractivity (Wildman–Crippen MR) is 65.7 cm³/mol. The van der Waals surface area contributed by atoms with E-state index in [4.69, 9.17) is 0 Å². The van der Waals surface area contributed by atoms with Crippen LogP contribution in [0.4, 0.5) is 13.2 Å². The van der Waals surface area contributed by atoms with E-state index in [9.17, 15) is 18.0 Å². The molecule has 0 atom stereocenters. The van der Waals surface area contributed by atoms with Crippen molar-refractivity contribution < 1.29 is 18.0 Å². The Morgan fingerprint density at radius 2 is 2.00 bits per heavy atom. The minimum atomic E-state index is -4.42. The van der Waals surface area contributed by atoms with E-state index in [2.05, 4.69) is 15.6 Å². The molecule has 2 N–H and O–H groups in total. The molecular formula is C11H18F3N5O. The van der Waals surface area contributed by atoms with Gasteiger partial charge in [-0.05, 0) is 20.8 Å². The third-order valence-corrected chi connectivity index (χ3v) is 2.18. The van der Waals surface area contributed by atoms with Crippen molar-refractivity contribution in [2.24, 2.45) is 0 Å². The van der Waals surface area contributed by atoms with E-state index in [1.54, 1.807) is 5.32 Å². The van der Waals surface area contributed by atoms with E-state index in [-0.39, 0.29) is 12.1 Å². The van der Waals surface area contributed by atoms with Crippen LogP contribution in [0.5, 0.6) is 0 Å². The van der Waals surface area contributed by atoms with Gasteiger partial charge in [0.25, 0.3) is 0 Å². The lowest BCUT2D eigenvalue weighted by Gasteiger charge is -2.19. The molecule has 0 aliphatic heterocycles. The SMILES string of the molecule is CC(C)(C)NCc1cn(CC(=O)NCC(F)(F)F)nn1. The van der Waals surface area contributed by atoms with E-state index >= 15 is 0 Å². The van der Waals surface area contributed by atoms with Crippen LogP contribution in [-0.2, 0) is 17.9 Å². The molecule has 0 unspecified atom stereocenters. The molecular weight excluding hydrogens is 275 g/mol. The Morgan fingerprint density at radius 1 is 1.35 bits per heavy atom. The zero-order valence-electron chi connectivity index (χ0n) is 11.6. The molecule has 0 aliphatic carbocycles. The Hall–Kier alpha value is -1.64. The number of carbonyl (C=O) groups excluding carboxylic acids is 1. The summed E-state index contributed by atoms with van der Waals surface area (Å²) in [6.07, 6.45) is -2.90. The van der Waals surface area contributed by atoms with Crippen LogP contribution in [0.15, 0.2) is 6.20 Å². The molecule has 0 aliphatic rings. The van der Waals surface area contributed by atoms with Gasteiger partial charge in [0.15, 0.2) is 0 Å². The van der Waals surface area contributed by atoms with Gasteiger partial charge in [-0.25, -0.2) is 4.68 Å². The minimum absolute atomic E-state index is 0.0894. The number of alkyl halides is 3. The second kappa shape index (κ2) is 6.21. The lowest BCUT2D eigenvalue weighted by molar-refractivity contribution is -0.138. The first kappa shape index (κ1) is 16.4. The van der Waals surface area contributed by atoms with Gasteiger partial charge in [0.2, 0.25) is 5.91 Å². The normalized spacial score (nSPS) is 12.5. The van der Waals surface area contributed by atoms with Crippen molar-refractivity contribution in [2.75, 3.05) is 6.54 Å². The molecule has 1 aromatic heterocycles. The van der Waals surface area contributed by atoms with Crippen molar-refractivity contribution >= 4 is 5.91 Å². The number of halogens is 3. The monoisotopic (exact) mass is 293 g/mol. The number of nitrogens with zero attached hydrogens (tertiary/aromatic N) is 3. The maximum absolute atomic E-state index is 11.9. The molecule has 0 radical (unpaired) electrons. The summed E-state index contributed by atoms with van der Waals surface area (Å²) in [6, 6.07) is 0. The summed E-state index contributed by atoms with van der Waals surface area (Å²) < 4.78 is 36.9. The summed E-state index contributed by atoms with van der Waals surface area (Å²) in [7, 11) is 0. The molecule has 1 amide bonds. The molecule has 114 valence electrons. The summed E-state index contributed by atoms with van der Waals surface area (Å²) in [5.41, 5.74) is 0.525. The molecule has 0 bridgehead atoms. The van der Waals surface area contributed by atoms with Gasteiger partial charge < -0.3 is 10.6 Å². The van der Waals surface area contributed by atoms with Gasteiger partial charge >= 0.3 is 6.18 Å². The fourth-order valence-electron chi connectivity index (χ4n) is 1.25. The lowest BCUT2D eigenvalue weighted by Crippen LogP contribution is -2.36. The highest BCUT2D eigenvalue weighted by molar-refractivity contribution is 5.75. The van der Waals surface area contributed by atoms with Crippen molar-refractivity contribution in [1.82, 2.24) is 25.6 Å². The topological polar surface area (TPSA) is 71.8 Å². The molecule has 0 saturated heterocycles. The van der Waals surface area contributed by atoms with Crippen molar-refractivity contribution in [3.8, 4) is 0 Å². The number of nitrogens with one attached hydrogen (secondary N) is 2. The first-order valence-electron chi connectivity index (χ1n) is 6.03. The molecule has 6 nitrogen and oxygen atoms in total. The molecule has 1 heterocycles. The van der Waals surface area contributed by atoms with Gasteiger partial charge in [-0.1, -0.05) is 5.21 Å². The largest absolute Gasteiger partial charge is 0.405 e. The van der Waals surface area contributed by atoms with Crippen LogP contribution in [0, 0.1) is 0 Å². The van der Waals surface area contributed by atoms with Gasteiger partial charge in [-0.15, -0.1) is 5.10 Å². The maximum Gasteiger partial charge on any atom is 0.405 e. The van der Waals surface area contributed by atoms with Gasteiger partial charge in [0.05, 0.1) is 11.9 Å². The Balaban J connectivity index is 2.42. The third-order valence-electron chi connectivity index (χ3n) is 2.18. The first-order valence-corrected chi connectivity index (χ1v) is 6.03. The van der Waals surface area contributed by atoms with Gasteiger partial charge in [0.1, 0.15) is 13.1 Å². The van der Waals surface area contributed by atoms with Crippen LogP contribution in [-0.4, -0.2) is 39.2 Å². The number of rotatable bonds is 5. The third kappa shape index (κ3) is 7.07. The van der Waals surface area contributed by atoms with Crippen molar-refractivity contribution in [2.45, 2.75) is 45.6 Å². The van der Waals surface area contributed by atoms with Crippen LogP contribution in [0.25, 0.3) is 0 Å². The van der Waals surface area contributed by atoms with Crippen LogP contribution < -0.4 is 10.6 Å². The average Bonchev–Trinajstić information content (AvgIpc) is 2.70. The first-order chi connectivity index (χ1) is 9.05. The molecule has 0 spiro atoms.